The van der Waals surface area contributed by atoms with Crippen LogP contribution in [0.25, 0.3) is 0 Å². The third kappa shape index (κ3) is 5.95. The molecule has 0 spiro atoms. The number of anilines is 10. The highest BCUT2D eigenvalue weighted by Crippen LogP contribution is 2.33. The molecule has 0 fully saturated rings. The fourth-order valence-corrected chi connectivity index (χ4v) is 5.38. The Morgan fingerprint density at radius 2 is 0.543 bits per heavy atom. The van der Waals surface area contributed by atoms with Gasteiger partial charge in [0, 0.05) is 79.1 Å². The second kappa shape index (κ2) is 11.9. The average Bonchev–Trinajstić information content (AvgIpc) is 3.07. The van der Waals surface area contributed by atoms with E-state index in [-0.39, 0.29) is 11.6 Å². The summed E-state index contributed by atoms with van der Waals surface area (Å²) in [5.74, 6) is -0.359. The largest absolute Gasteiger partial charge is 0.399 e. The Morgan fingerprint density at radius 3 is 0.870 bits per heavy atom. The van der Waals surface area contributed by atoms with E-state index in [0.717, 1.165) is 34.1 Å². The highest BCUT2D eigenvalue weighted by molar-refractivity contribution is 6.29. The Kier molecular flexibility index (Phi) is 7.28. The highest BCUT2D eigenvalue weighted by atomic mass is 16.1. The van der Waals surface area contributed by atoms with Crippen LogP contribution in [0.5, 0.6) is 0 Å². The van der Waals surface area contributed by atoms with Gasteiger partial charge >= 0.3 is 0 Å². The molecule has 0 aliphatic heterocycles. The lowest BCUT2D eigenvalue weighted by molar-refractivity contribution is 0.0979. The van der Waals surface area contributed by atoms with Crippen LogP contribution in [0.4, 0.5) is 56.9 Å². The molecule has 0 bridgehead atoms. The molecule has 0 atom stereocenters. The van der Waals surface area contributed by atoms with Crippen LogP contribution >= 0.6 is 0 Å². The van der Waals surface area contributed by atoms with Crippen molar-refractivity contribution < 1.29 is 9.59 Å². The molecule has 0 aromatic heterocycles. The number of nitrogens with one attached hydrogen (secondary N) is 4. The number of nitrogens with two attached hydrogens (primary N) is 2. The average molecular weight is 603 g/mol. The van der Waals surface area contributed by atoms with Crippen LogP contribution in [0, 0.1) is 0 Å². The van der Waals surface area contributed by atoms with Crippen LogP contribution in [0.3, 0.4) is 0 Å². The Balaban J connectivity index is 1.05. The predicted octanol–water partition coefficient (Wildman–Crippen LogP) is 8.60. The molecule has 0 unspecified atom stereocenters. The molecular weight excluding hydrogens is 572 g/mol. The summed E-state index contributed by atoms with van der Waals surface area (Å²) < 4.78 is 0. The van der Waals surface area contributed by atoms with E-state index in [0.29, 0.717) is 45.0 Å². The number of hydrogen-bond acceptors (Lipinski definition) is 8. The summed E-state index contributed by atoms with van der Waals surface area (Å²) >= 11 is 0. The first-order valence-corrected chi connectivity index (χ1v) is 14.7. The standard InChI is InChI=1S/C38H30N6O2/c39-23-1-5-25(6-2-23)41-27-9-13-29(14-10-27)43-31-17-19-33-35(21-31)38(46)36-22-32(18-20-34(36)37(33)45)44-30-15-11-28(12-16-30)42-26-7-3-24(40)4-8-26/h1-22,41-44H,39-40H2. The number of carbonyl (C=O) groups excluding carboxylic acids is 2. The lowest BCUT2D eigenvalue weighted by Crippen LogP contribution is -2.21. The van der Waals surface area contributed by atoms with E-state index in [1.807, 2.05) is 109 Å². The number of fused-ring (bicyclic) bond motifs is 2. The van der Waals surface area contributed by atoms with Crippen molar-refractivity contribution >= 4 is 68.4 Å². The van der Waals surface area contributed by atoms with E-state index in [1.54, 1.807) is 24.3 Å². The van der Waals surface area contributed by atoms with Gasteiger partial charge in [-0.05, 0) is 133 Å². The highest BCUT2D eigenvalue weighted by Gasteiger charge is 2.30. The summed E-state index contributed by atoms with van der Waals surface area (Å²) in [6.07, 6.45) is 0. The molecule has 224 valence electrons. The molecule has 1 aliphatic carbocycles. The maximum atomic E-state index is 13.7. The molecule has 6 aromatic rings. The number of ketones is 2. The molecule has 6 aromatic carbocycles. The van der Waals surface area contributed by atoms with Gasteiger partial charge in [-0.1, -0.05) is 0 Å². The van der Waals surface area contributed by atoms with Crippen molar-refractivity contribution in [3.63, 3.8) is 0 Å². The number of nitrogen functional groups attached to an aromatic ring is 2. The molecule has 1 aliphatic rings. The van der Waals surface area contributed by atoms with Gasteiger partial charge in [0.25, 0.3) is 0 Å². The molecule has 0 saturated carbocycles. The van der Waals surface area contributed by atoms with Crippen molar-refractivity contribution in [3.8, 4) is 0 Å². The Hall–Kier alpha value is -6.54. The summed E-state index contributed by atoms with van der Waals surface area (Å²) in [4.78, 5) is 27.1. The van der Waals surface area contributed by atoms with Gasteiger partial charge in [0.15, 0.2) is 11.6 Å². The molecule has 8 heteroatoms. The minimum absolute atomic E-state index is 0.168. The first-order chi connectivity index (χ1) is 22.4. The number of hydrogen-bond donors (Lipinski definition) is 6. The molecular formula is C38H30N6O2. The lowest BCUT2D eigenvalue weighted by atomic mass is 9.83. The molecule has 8 N–H and O–H groups in total. The predicted molar refractivity (Wildman–Crippen MR) is 187 cm³/mol. The van der Waals surface area contributed by atoms with Gasteiger partial charge in [-0.15, -0.1) is 0 Å². The maximum absolute atomic E-state index is 13.7. The third-order valence-corrected chi connectivity index (χ3v) is 7.76. The first kappa shape index (κ1) is 28.2. The van der Waals surface area contributed by atoms with Gasteiger partial charge in [0.2, 0.25) is 0 Å². The topological polar surface area (TPSA) is 134 Å². The van der Waals surface area contributed by atoms with Crippen LogP contribution in [0.15, 0.2) is 133 Å². The molecule has 7 rings (SSSR count). The number of carbonyl (C=O) groups is 2. The van der Waals surface area contributed by atoms with E-state index in [2.05, 4.69) is 21.3 Å². The van der Waals surface area contributed by atoms with Crippen LogP contribution in [-0.4, -0.2) is 11.6 Å². The van der Waals surface area contributed by atoms with E-state index < -0.39 is 0 Å². The summed E-state index contributed by atoms with van der Waals surface area (Å²) in [5.41, 5.74) is 21.4. The molecule has 0 saturated heterocycles. The van der Waals surface area contributed by atoms with E-state index >= 15 is 0 Å². The van der Waals surface area contributed by atoms with E-state index in [9.17, 15) is 9.59 Å². The zero-order valence-electron chi connectivity index (χ0n) is 24.7. The van der Waals surface area contributed by atoms with Crippen LogP contribution in [0.1, 0.15) is 31.8 Å². The van der Waals surface area contributed by atoms with Crippen LogP contribution in [0.2, 0.25) is 0 Å². The van der Waals surface area contributed by atoms with Gasteiger partial charge in [-0.25, -0.2) is 0 Å². The maximum Gasteiger partial charge on any atom is 0.194 e. The van der Waals surface area contributed by atoms with Crippen molar-refractivity contribution in [2.24, 2.45) is 0 Å². The van der Waals surface area contributed by atoms with E-state index in [4.69, 9.17) is 11.5 Å². The van der Waals surface area contributed by atoms with Crippen molar-refractivity contribution in [1.82, 2.24) is 0 Å². The molecule has 0 radical (unpaired) electrons. The molecule has 0 amide bonds. The summed E-state index contributed by atoms with van der Waals surface area (Å²) in [6.45, 7) is 0. The Bertz CT molecular complexity index is 1920. The molecule has 46 heavy (non-hydrogen) atoms. The number of benzene rings is 6. The monoisotopic (exact) mass is 602 g/mol. The van der Waals surface area contributed by atoms with Gasteiger partial charge in [0.1, 0.15) is 0 Å². The Morgan fingerprint density at radius 1 is 0.304 bits per heavy atom. The fraction of sp³-hybridized carbons (Fsp3) is 0. The van der Waals surface area contributed by atoms with Crippen molar-refractivity contribution in [2.45, 2.75) is 0 Å². The van der Waals surface area contributed by atoms with Crippen molar-refractivity contribution in [2.75, 3.05) is 32.7 Å². The minimum atomic E-state index is -0.192. The zero-order valence-corrected chi connectivity index (χ0v) is 24.7. The smallest absolute Gasteiger partial charge is 0.194 e. The van der Waals surface area contributed by atoms with Gasteiger partial charge in [0.05, 0.1) is 0 Å². The molecule has 8 nitrogen and oxygen atoms in total. The first-order valence-electron chi connectivity index (χ1n) is 14.7. The van der Waals surface area contributed by atoms with Crippen molar-refractivity contribution in [3.05, 3.63) is 156 Å². The SMILES string of the molecule is Nc1ccc(Nc2ccc(Nc3ccc4c(c3)C(=O)c3cc(Nc5ccc(Nc6ccc(N)cc6)cc5)ccc3C4=O)cc2)cc1. The summed E-state index contributed by atoms with van der Waals surface area (Å²) in [5, 5.41) is 13.4. The van der Waals surface area contributed by atoms with Gasteiger partial charge < -0.3 is 32.7 Å². The summed E-state index contributed by atoms with van der Waals surface area (Å²) in [7, 11) is 0. The van der Waals surface area contributed by atoms with Gasteiger partial charge in [-0.2, -0.15) is 0 Å². The zero-order chi connectivity index (χ0) is 31.6. The Labute approximate surface area is 266 Å². The van der Waals surface area contributed by atoms with Crippen LogP contribution in [-0.2, 0) is 0 Å². The minimum Gasteiger partial charge on any atom is -0.399 e. The summed E-state index contributed by atoms with van der Waals surface area (Å²) in [6, 6.07) is 41.2. The second-order valence-electron chi connectivity index (χ2n) is 11.1. The second-order valence-corrected chi connectivity index (χ2v) is 11.1. The molecule has 0 heterocycles. The number of rotatable bonds is 8. The normalized spacial score (nSPS) is 11.7. The lowest BCUT2D eigenvalue weighted by Gasteiger charge is -2.20. The van der Waals surface area contributed by atoms with Crippen LogP contribution < -0.4 is 32.7 Å². The van der Waals surface area contributed by atoms with E-state index in [1.165, 1.54) is 0 Å². The van der Waals surface area contributed by atoms with Gasteiger partial charge in [-0.3, -0.25) is 9.59 Å². The fourth-order valence-electron chi connectivity index (χ4n) is 5.38. The third-order valence-electron chi connectivity index (χ3n) is 7.76. The van der Waals surface area contributed by atoms with Crippen molar-refractivity contribution in [1.29, 1.82) is 0 Å². The quantitative estimate of drug-likeness (QED) is 0.0952.